The molecule has 0 saturated heterocycles. The Hall–Kier alpha value is -0.760. The molecule has 0 amide bonds. The highest BCUT2D eigenvalue weighted by atomic mass is 32.2. The molecule has 0 unspecified atom stereocenters. The van der Waals surface area contributed by atoms with Gasteiger partial charge in [-0.15, -0.1) is 11.8 Å². The van der Waals surface area contributed by atoms with Gasteiger partial charge >= 0.3 is 0 Å². The van der Waals surface area contributed by atoms with E-state index in [0.29, 0.717) is 0 Å². The van der Waals surface area contributed by atoms with Gasteiger partial charge in [0.05, 0.1) is 0 Å². The third kappa shape index (κ3) is 11.5. The maximum atomic E-state index is 10.8. The number of hydrogen-bond acceptors (Lipinski definition) is 2. The molecule has 1 aromatic rings. The summed E-state index contributed by atoms with van der Waals surface area (Å²) in [6, 6.07) is 7.63. The summed E-state index contributed by atoms with van der Waals surface area (Å²) in [7, 11) is 0. The Labute approximate surface area is 112 Å². The lowest BCUT2D eigenvalue weighted by Crippen LogP contribution is -1.89. The molecule has 0 aliphatic rings. The summed E-state index contributed by atoms with van der Waals surface area (Å²) < 4.78 is 0. The van der Waals surface area contributed by atoms with E-state index in [1.54, 1.807) is 18.7 Å². The first-order valence-electron chi connectivity index (χ1n) is 6.39. The molecule has 0 heterocycles. The van der Waals surface area contributed by atoms with Crippen molar-refractivity contribution in [3.8, 4) is 0 Å². The Kier molecular flexibility index (Phi) is 22.3. The third-order valence-corrected chi connectivity index (χ3v) is 2.24. The number of carbonyl (C=O) groups excluding carboxylic acids is 1. The monoisotopic (exact) mass is 256 g/mol. The largest absolute Gasteiger partial charge is 0.295 e. The number of thioether (sulfide) groups is 1. The Bertz CT molecular complexity index is 252. The molecule has 1 nitrogen and oxygen atoms in total. The minimum Gasteiger partial charge on any atom is -0.295 e. The van der Waals surface area contributed by atoms with Crippen molar-refractivity contribution in [2.75, 3.05) is 6.26 Å². The van der Waals surface area contributed by atoms with Gasteiger partial charge in [0, 0.05) is 10.5 Å². The number of carbonyl (C=O) groups is 1. The molecule has 0 N–H and O–H groups in total. The van der Waals surface area contributed by atoms with E-state index in [2.05, 4.69) is 0 Å². The lowest BCUT2D eigenvalue weighted by Gasteiger charge is -1.96. The Morgan fingerprint density at radius 2 is 1.24 bits per heavy atom. The molecule has 17 heavy (non-hydrogen) atoms. The van der Waals surface area contributed by atoms with Crippen LogP contribution in [-0.2, 0) is 0 Å². The highest BCUT2D eigenvalue weighted by molar-refractivity contribution is 7.98. The Balaban J connectivity index is -0.000000285. The van der Waals surface area contributed by atoms with Crippen LogP contribution in [0.4, 0.5) is 0 Å². The van der Waals surface area contributed by atoms with Gasteiger partial charge in [-0.3, -0.25) is 4.79 Å². The van der Waals surface area contributed by atoms with Crippen LogP contribution in [0, 0.1) is 0 Å². The van der Waals surface area contributed by atoms with Gasteiger partial charge in [0.2, 0.25) is 0 Å². The van der Waals surface area contributed by atoms with Gasteiger partial charge in [-0.1, -0.05) is 53.7 Å². The predicted molar refractivity (Wildman–Crippen MR) is 82.3 cm³/mol. The van der Waals surface area contributed by atoms with Crippen LogP contribution in [0.15, 0.2) is 29.2 Å². The molecule has 0 spiro atoms. The summed E-state index contributed by atoms with van der Waals surface area (Å²) in [5.74, 6) is 0.123. The standard InChI is InChI=1S/C9H10OS.3C2H6/c1-7(10)8-3-5-9(11-2)6-4-8;3*1-2/h3-6H,1-2H3;3*1-2H3. The van der Waals surface area contributed by atoms with Crippen molar-refractivity contribution in [1.82, 2.24) is 0 Å². The molecule has 100 valence electrons. The van der Waals surface area contributed by atoms with E-state index in [4.69, 9.17) is 0 Å². The van der Waals surface area contributed by atoms with Gasteiger partial charge < -0.3 is 0 Å². The smallest absolute Gasteiger partial charge is 0.159 e. The van der Waals surface area contributed by atoms with Crippen molar-refractivity contribution in [3.05, 3.63) is 29.8 Å². The molecular formula is C15H28OS. The number of hydrogen-bond donors (Lipinski definition) is 0. The minimum atomic E-state index is 0.123. The molecule has 1 aromatic carbocycles. The minimum absolute atomic E-state index is 0.123. The van der Waals surface area contributed by atoms with Gasteiger partial charge in [-0.05, 0) is 25.3 Å². The highest BCUT2D eigenvalue weighted by Crippen LogP contribution is 2.14. The zero-order chi connectivity index (χ0) is 14.3. The van der Waals surface area contributed by atoms with Crippen molar-refractivity contribution >= 4 is 17.5 Å². The van der Waals surface area contributed by atoms with E-state index in [9.17, 15) is 4.79 Å². The van der Waals surface area contributed by atoms with Crippen LogP contribution in [0.3, 0.4) is 0 Å². The Morgan fingerprint density at radius 3 is 1.47 bits per heavy atom. The molecule has 2 heteroatoms. The predicted octanol–water partition coefficient (Wildman–Crippen LogP) is 5.69. The first-order chi connectivity index (χ1) is 8.24. The maximum absolute atomic E-state index is 10.8. The van der Waals surface area contributed by atoms with Crippen LogP contribution >= 0.6 is 11.8 Å². The second-order valence-electron chi connectivity index (χ2n) is 2.28. The lowest BCUT2D eigenvalue weighted by molar-refractivity contribution is 0.101. The highest BCUT2D eigenvalue weighted by Gasteiger charge is 1.96. The summed E-state index contributed by atoms with van der Waals surface area (Å²) in [4.78, 5) is 12.0. The molecule has 0 aromatic heterocycles. The van der Waals surface area contributed by atoms with E-state index in [1.807, 2.05) is 72.1 Å². The second-order valence-corrected chi connectivity index (χ2v) is 3.16. The summed E-state index contributed by atoms with van der Waals surface area (Å²) in [5.41, 5.74) is 0.780. The number of rotatable bonds is 2. The van der Waals surface area contributed by atoms with Crippen molar-refractivity contribution in [2.24, 2.45) is 0 Å². The van der Waals surface area contributed by atoms with Gasteiger partial charge in [0.25, 0.3) is 0 Å². The summed E-state index contributed by atoms with van der Waals surface area (Å²) in [5, 5.41) is 0. The van der Waals surface area contributed by atoms with Gasteiger partial charge in [0.15, 0.2) is 5.78 Å². The molecule has 0 aliphatic heterocycles. The van der Waals surface area contributed by atoms with Crippen molar-refractivity contribution < 1.29 is 4.79 Å². The number of benzene rings is 1. The van der Waals surface area contributed by atoms with Gasteiger partial charge in [-0.2, -0.15) is 0 Å². The molecule has 1 rings (SSSR count). The normalized spacial score (nSPS) is 7.29. The molecule has 0 saturated carbocycles. The molecule has 0 atom stereocenters. The van der Waals surface area contributed by atoms with E-state index in [1.165, 1.54) is 4.90 Å². The first-order valence-corrected chi connectivity index (χ1v) is 7.61. The van der Waals surface area contributed by atoms with E-state index in [-0.39, 0.29) is 5.78 Å². The summed E-state index contributed by atoms with van der Waals surface area (Å²) in [6.07, 6.45) is 2.02. The zero-order valence-electron chi connectivity index (χ0n) is 12.6. The first kappa shape index (κ1) is 21.5. The fraction of sp³-hybridized carbons (Fsp3) is 0.533. The van der Waals surface area contributed by atoms with Crippen LogP contribution in [-0.4, -0.2) is 12.0 Å². The van der Waals surface area contributed by atoms with E-state index >= 15 is 0 Å². The number of Topliss-reactive ketones (excluding diaryl/α,β-unsaturated/α-hetero) is 1. The quantitative estimate of drug-likeness (QED) is 0.499. The van der Waals surface area contributed by atoms with Crippen LogP contribution < -0.4 is 0 Å². The van der Waals surface area contributed by atoms with Crippen molar-refractivity contribution in [1.29, 1.82) is 0 Å². The molecule has 0 aliphatic carbocycles. The maximum Gasteiger partial charge on any atom is 0.159 e. The number of ketones is 1. The average Bonchev–Trinajstić information content (AvgIpc) is 2.45. The van der Waals surface area contributed by atoms with Crippen LogP contribution in [0.25, 0.3) is 0 Å². The third-order valence-electron chi connectivity index (χ3n) is 1.50. The molecule has 0 bridgehead atoms. The van der Waals surface area contributed by atoms with Gasteiger partial charge in [0.1, 0.15) is 0 Å². The SMILES string of the molecule is CC.CC.CC.CSc1ccc(C(C)=O)cc1. The Morgan fingerprint density at radius 1 is 0.882 bits per heavy atom. The van der Waals surface area contributed by atoms with E-state index in [0.717, 1.165) is 5.56 Å². The van der Waals surface area contributed by atoms with Crippen LogP contribution in [0.2, 0.25) is 0 Å². The fourth-order valence-electron chi connectivity index (χ4n) is 0.826. The lowest BCUT2D eigenvalue weighted by atomic mass is 10.2. The topological polar surface area (TPSA) is 17.1 Å². The van der Waals surface area contributed by atoms with Crippen molar-refractivity contribution in [3.63, 3.8) is 0 Å². The molecule has 0 radical (unpaired) electrons. The van der Waals surface area contributed by atoms with Crippen LogP contribution in [0.5, 0.6) is 0 Å². The second kappa shape index (κ2) is 17.6. The summed E-state index contributed by atoms with van der Waals surface area (Å²) >= 11 is 1.68. The van der Waals surface area contributed by atoms with Crippen molar-refractivity contribution in [2.45, 2.75) is 53.4 Å². The average molecular weight is 256 g/mol. The molecule has 0 fully saturated rings. The van der Waals surface area contributed by atoms with E-state index < -0.39 is 0 Å². The summed E-state index contributed by atoms with van der Waals surface area (Å²) in [6.45, 7) is 13.6. The zero-order valence-corrected chi connectivity index (χ0v) is 13.4. The molecular weight excluding hydrogens is 228 g/mol. The van der Waals surface area contributed by atoms with Crippen LogP contribution in [0.1, 0.15) is 58.8 Å². The van der Waals surface area contributed by atoms with Gasteiger partial charge in [-0.25, -0.2) is 0 Å². The fourth-order valence-corrected chi connectivity index (χ4v) is 1.23.